The Hall–Kier alpha value is -4.29. The second-order valence-corrected chi connectivity index (χ2v) is 8.95. The molecule has 0 saturated carbocycles. The van der Waals surface area contributed by atoms with Gasteiger partial charge in [0.25, 0.3) is 0 Å². The van der Waals surface area contributed by atoms with Crippen molar-refractivity contribution in [3.8, 4) is 33.9 Å². The number of methoxy groups -OCH3 is 2. The monoisotopic (exact) mass is 511 g/mol. The van der Waals surface area contributed by atoms with Gasteiger partial charge in [0, 0.05) is 34.5 Å². The number of imidazole rings is 1. The predicted octanol–water partition coefficient (Wildman–Crippen LogP) is 6.91. The average Bonchev–Trinajstić information content (AvgIpc) is 3.30. The van der Waals surface area contributed by atoms with E-state index in [9.17, 15) is 4.79 Å². The van der Waals surface area contributed by atoms with E-state index in [0.29, 0.717) is 17.9 Å². The van der Waals surface area contributed by atoms with E-state index >= 15 is 0 Å². The molecule has 0 aliphatic carbocycles. The highest BCUT2D eigenvalue weighted by molar-refractivity contribution is 6.33. The Morgan fingerprint density at radius 2 is 1.51 bits per heavy atom. The number of nitrogens with one attached hydrogen (secondary N) is 1. The van der Waals surface area contributed by atoms with E-state index in [1.807, 2.05) is 91.1 Å². The zero-order valence-corrected chi connectivity index (χ0v) is 21.3. The number of ether oxygens (including phenoxy) is 2. The number of rotatable bonds is 8. The Bertz CT molecular complexity index is 1540. The van der Waals surface area contributed by atoms with Crippen LogP contribution >= 0.6 is 11.6 Å². The molecule has 0 unspecified atom stereocenters. The van der Waals surface area contributed by atoms with E-state index in [0.717, 1.165) is 50.9 Å². The predicted molar refractivity (Wildman–Crippen MR) is 148 cm³/mol. The van der Waals surface area contributed by atoms with Gasteiger partial charge in [0.05, 0.1) is 25.6 Å². The van der Waals surface area contributed by atoms with Crippen LogP contribution in [0, 0.1) is 0 Å². The lowest BCUT2D eigenvalue weighted by molar-refractivity contribution is -0.116. The Morgan fingerprint density at radius 1 is 0.865 bits per heavy atom. The minimum absolute atomic E-state index is 0.0805. The molecule has 0 atom stereocenters. The molecule has 0 aliphatic rings. The highest BCUT2D eigenvalue weighted by Gasteiger charge is 2.17. The topological polar surface area (TPSA) is 64.9 Å². The first kappa shape index (κ1) is 24.4. The van der Waals surface area contributed by atoms with Crippen molar-refractivity contribution in [2.24, 2.45) is 0 Å². The molecule has 2 heterocycles. The van der Waals surface area contributed by atoms with E-state index in [1.165, 1.54) is 0 Å². The molecule has 1 N–H and O–H groups in total. The SMILES string of the molecule is COc1ccc(NC(=O)CCc2c(-c3ccc(OC)cc3)nc3ccc(-c4ccccc4Cl)cn23)cc1. The molecule has 0 bridgehead atoms. The van der Waals surface area contributed by atoms with Crippen LogP contribution in [0.15, 0.2) is 91.1 Å². The molecular formula is C30H26ClN3O3. The Morgan fingerprint density at radius 3 is 2.19 bits per heavy atom. The van der Waals surface area contributed by atoms with Crippen LogP contribution in [0.4, 0.5) is 5.69 Å². The van der Waals surface area contributed by atoms with E-state index in [4.69, 9.17) is 26.1 Å². The maximum Gasteiger partial charge on any atom is 0.224 e. The van der Waals surface area contributed by atoms with Crippen LogP contribution in [-0.4, -0.2) is 29.5 Å². The summed E-state index contributed by atoms with van der Waals surface area (Å²) in [5, 5.41) is 3.64. The maximum absolute atomic E-state index is 12.9. The van der Waals surface area contributed by atoms with Crippen LogP contribution in [0.5, 0.6) is 11.5 Å². The third kappa shape index (κ3) is 5.29. The number of carbonyl (C=O) groups excluding carboxylic acids is 1. The zero-order valence-electron chi connectivity index (χ0n) is 20.6. The molecule has 5 rings (SSSR count). The van der Waals surface area contributed by atoms with Gasteiger partial charge in [0.2, 0.25) is 5.91 Å². The second-order valence-electron chi connectivity index (χ2n) is 8.54. The summed E-state index contributed by atoms with van der Waals surface area (Å²) in [5.41, 5.74) is 6.16. The fourth-order valence-electron chi connectivity index (χ4n) is 4.30. The first-order chi connectivity index (χ1) is 18.1. The van der Waals surface area contributed by atoms with Gasteiger partial charge >= 0.3 is 0 Å². The number of nitrogens with zero attached hydrogens (tertiary/aromatic N) is 2. The van der Waals surface area contributed by atoms with E-state index in [2.05, 4.69) is 9.72 Å². The molecule has 0 spiro atoms. The van der Waals surface area contributed by atoms with Gasteiger partial charge in [-0.25, -0.2) is 4.98 Å². The molecule has 1 amide bonds. The summed E-state index contributed by atoms with van der Waals surface area (Å²) in [6, 6.07) is 26.8. The number of carbonyl (C=O) groups is 1. The van der Waals surface area contributed by atoms with Gasteiger partial charge in [0.1, 0.15) is 17.1 Å². The second kappa shape index (κ2) is 10.8. The number of anilines is 1. The van der Waals surface area contributed by atoms with Gasteiger partial charge in [-0.3, -0.25) is 4.79 Å². The molecule has 7 heteroatoms. The van der Waals surface area contributed by atoms with Crippen molar-refractivity contribution in [3.63, 3.8) is 0 Å². The van der Waals surface area contributed by atoms with Crippen LogP contribution in [0.25, 0.3) is 28.0 Å². The van der Waals surface area contributed by atoms with Gasteiger partial charge in [-0.05, 0) is 78.7 Å². The van der Waals surface area contributed by atoms with Crippen LogP contribution < -0.4 is 14.8 Å². The molecular weight excluding hydrogens is 486 g/mol. The largest absolute Gasteiger partial charge is 0.497 e. The number of hydrogen-bond donors (Lipinski definition) is 1. The lowest BCUT2D eigenvalue weighted by atomic mass is 10.1. The first-order valence-electron chi connectivity index (χ1n) is 11.9. The fraction of sp³-hybridized carbons (Fsp3) is 0.133. The molecule has 0 radical (unpaired) electrons. The van der Waals surface area contributed by atoms with E-state index < -0.39 is 0 Å². The lowest BCUT2D eigenvalue weighted by Gasteiger charge is -2.10. The lowest BCUT2D eigenvalue weighted by Crippen LogP contribution is -2.13. The Balaban J connectivity index is 1.49. The van der Waals surface area contributed by atoms with Crippen LogP contribution in [0.3, 0.4) is 0 Å². The molecule has 186 valence electrons. The van der Waals surface area contributed by atoms with Gasteiger partial charge in [-0.2, -0.15) is 0 Å². The van der Waals surface area contributed by atoms with Crippen molar-refractivity contribution >= 4 is 28.8 Å². The summed E-state index contributed by atoms with van der Waals surface area (Å²) in [7, 11) is 3.25. The molecule has 3 aromatic carbocycles. The molecule has 5 aromatic rings. The third-order valence-electron chi connectivity index (χ3n) is 6.23. The number of hydrogen-bond acceptors (Lipinski definition) is 4. The van der Waals surface area contributed by atoms with Crippen LogP contribution in [0.1, 0.15) is 12.1 Å². The quantitative estimate of drug-likeness (QED) is 0.246. The van der Waals surface area contributed by atoms with Gasteiger partial charge in [0.15, 0.2) is 0 Å². The number of halogens is 1. The molecule has 2 aromatic heterocycles. The summed E-state index contributed by atoms with van der Waals surface area (Å²) in [6.45, 7) is 0. The van der Waals surface area contributed by atoms with E-state index in [1.54, 1.807) is 14.2 Å². The van der Waals surface area contributed by atoms with Crippen LogP contribution in [0.2, 0.25) is 5.02 Å². The van der Waals surface area contributed by atoms with Gasteiger partial charge < -0.3 is 19.2 Å². The summed E-state index contributed by atoms with van der Waals surface area (Å²) < 4.78 is 12.6. The van der Waals surface area contributed by atoms with Crippen molar-refractivity contribution in [2.45, 2.75) is 12.8 Å². The number of benzene rings is 3. The first-order valence-corrected chi connectivity index (χ1v) is 12.3. The fourth-order valence-corrected chi connectivity index (χ4v) is 4.54. The van der Waals surface area contributed by atoms with Crippen molar-refractivity contribution in [2.75, 3.05) is 19.5 Å². The smallest absolute Gasteiger partial charge is 0.224 e. The van der Waals surface area contributed by atoms with Crippen molar-refractivity contribution < 1.29 is 14.3 Å². The van der Waals surface area contributed by atoms with Crippen molar-refractivity contribution in [1.82, 2.24) is 9.38 Å². The third-order valence-corrected chi connectivity index (χ3v) is 6.56. The summed E-state index contributed by atoms with van der Waals surface area (Å²) in [5.74, 6) is 1.43. The molecule has 0 fully saturated rings. The molecule has 6 nitrogen and oxygen atoms in total. The average molecular weight is 512 g/mol. The minimum atomic E-state index is -0.0805. The summed E-state index contributed by atoms with van der Waals surface area (Å²) >= 11 is 6.48. The number of aryl methyl sites for hydroxylation is 1. The molecule has 37 heavy (non-hydrogen) atoms. The van der Waals surface area contributed by atoms with E-state index in [-0.39, 0.29) is 5.91 Å². The number of aromatic nitrogens is 2. The highest BCUT2D eigenvalue weighted by Crippen LogP contribution is 2.32. The van der Waals surface area contributed by atoms with Crippen molar-refractivity contribution in [3.05, 3.63) is 102 Å². The Labute approximate surface area is 220 Å². The maximum atomic E-state index is 12.9. The van der Waals surface area contributed by atoms with Crippen LogP contribution in [-0.2, 0) is 11.2 Å². The number of amides is 1. The summed E-state index contributed by atoms with van der Waals surface area (Å²) in [6.07, 6.45) is 2.82. The Kier molecular flexibility index (Phi) is 7.10. The standard InChI is InChI=1S/C30H26ClN3O3/c1-36-23-12-7-20(8-13-23)30-27(16-18-29(35)32-22-10-14-24(37-2)15-11-22)34-19-21(9-17-28(34)33-30)25-5-3-4-6-26(25)31/h3-15,17,19H,16,18H2,1-2H3,(H,32,35). The molecule has 0 aliphatic heterocycles. The zero-order chi connectivity index (χ0) is 25.8. The van der Waals surface area contributed by atoms with Crippen molar-refractivity contribution in [1.29, 1.82) is 0 Å². The number of pyridine rings is 1. The minimum Gasteiger partial charge on any atom is -0.497 e. The molecule has 0 saturated heterocycles. The number of fused-ring (bicyclic) bond motifs is 1. The highest BCUT2D eigenvalue weighted by atomic mass is 35.5. The van der Waals surface area contributed by atoms with Gasteiger partial charge in [-0.1, -0.05) is 29.8 Å². The normalized spacial score (nSPS) is 10.9. The summed E-state index contributed by atoms with van der Waals surface area (Å²) in [4.78, 5) is 17.8. The van der Waals surface area contributed by atoms with Gasteiger partial charge in [-0.15, -0.1) is 0 Å².